The van der Waals surface area contributed by atoms with E-state index >= 15 is 0 Å². The molecule has 3 rings (SSSR count). The first kappa shape index (κ1) is 12.4. The van der Waals surface area contributed by atoms with Crippen LogP contribution in [0.3, 0.4) is 0 Å². The summed E-state index contributed by atoms with van der Waals surface area (Å²) in [7, 11) is 1.97. The molecule has 0 aromatic carbocycles. The van der Waals surface area contributed by atoms with E-state index < -0.39 is 0 Å². The zero-order valence-electron chi connectivity index (χ0n) is 11.6. The van der Waals surface area contributed by atoms with Crippen molar-refractivity contribution >= 4 is 0 Å². The third-order valence-corrected chi connectivity index (χ3v) is 3.95. The Hall–Kier alpha value is -1.62. The molecule has 1 fully saturated rings. The number of nitrogens with one attached hydrogen (secondary N) is 1. The minimum atomic E-state index is 0.591. The first-order valence-corrected chi connectivity index (χ1v) is 6.92. The highest BCUT2D eigenvalue weighted by Crippen LogP contribution is 2.28. The molecule has 1 N–H and O–H groups in total. The molecule has 0 saturated carbocycles. The molecule has 0 aliphatic carbocycles. The Bertz CT molecular complexity index is 542. The van der Waals surface area contributed by atoms with Gasteiger partial charge in [0.05, 0.1) is 12.4 Å². The van der Waals surface area contributed by atoms with Crippen LogP contribution in [-0.4, -0.2) is 38.0 Å². The summed E-state index contributed by atoms with van der Waals surface area (Å²) in [6.45, 7) is 5.42. The van der Waals surface area contributed by atoms with Gasteiger partial charge in [0.15, 0.2) is 0 Å². The number of nitrogens with zero attached hydrogens (tertiary/aromatic N) is 4. The number of hydrogen-bond acceptors (Lipinski definition) is 3. The van der Waals surface area contributed by atoms with E-state index in [1.165, 1.54) is 36.2 Å². The monoisotopic (exact) mass is 259 g/mol. The summed E-state index contributed by atoms with van der Waals surface area (Å²) in [5.41, 5.74) is 3.90. The first-order chi connectivity index (χ1) is 9.22. The minimum Gasteiger partial charge on any atom is -0.298 e. The van der Waals surface area contributed by atoms with Crippen molar-refractivity contribution in [1.29, 1.82) is 0 Å². The van der Waals surface area contributed by atoms with Gasteiger partial charge >= 0.3 is 0 Å². The van der Waals surface area contributed by atoms with Gasteiger partial charge in [-0.3, -0.25) is 14.7 Å². The zero-order valence-corrected chi connectivity index (χ0v) is 11.6. The number of piperidine rings is 1. The molecular weight excluding hydrogens is 238 g/mol. The molecule has 1 aliphatic rings. The van der Waals surface area contributed by atoms with Crippen LogP contribution in [0, 0.1) is 6.92 Å². The molecule has 0 unspecified atom stereocenters. The fourth-order valence-electron chi connectivity index (χ4n) is 3.02. The van der Waals surface area contributed by atoms with Gasteiger partial charge in [0, 0.05) is 43.5 Å². The van der Waals surface area contributed by atoms with Crippen LogP contribution in [0.2, 0.25) is 0 Å². The standard InChI is InChI=1S/C14H21N5/c1-11-6-15-17-14(11)13-4-3-5-19(10-13)9-12-7-16-18(2)8-12/h6-8,13H,3-5,9-10H2,1-2H3,(H,15,17)/t13-/m1/s1. The Balaban J connectivity index is 1.66. The van der Waals surface area contributed by atoms with Crippen LogP contribution in [0.4, 0.5) is 0 Å². The fourth-order valence-corrected chi connectivity index (χ4v) is 3.02. The van der Waals surface area contributed by atoms with E-state index in [2.05, 4.69) is 33.3 Å². The highest BCUT2D eigenvalue weighted by Gasteiger charge is 2.23. The maximum atomic E-state index is 4.24. The summed E-state index contributed by atoms with van der Waals surface area (Å²) in [6.07, 6.45) is 8.50. The van der Waals surface area contributed by atoms with Crippen molar-refractivity contribution in [1.82, 2.24) is 24.9 Å². The van der Waals surface area contributed by atoms with Gasteiger partial charge in [-0.25, -0.2) is 0 Å². The highest BCUT2D eigenvalue weighted by atomic mass is 15.2. The second-order valence-electron chi connectivity index (χ2n) is 5.56. The molecule has 3 heterocycles. The number of aromatic nitrogens is 4. The quantitative estimate of drug-likeness (QED) is 0.915. The van der Waals surface area contributed by atoms with Crippen LogP contribution in [0.5, 0.6) is 0 Å². The summed E-state index contributed by atoms with van der Waals surface area (Å²) in [4.78, 5) is 2.52. The van der Waals surface area contributed by atoms with Crippen LogP contribution in [0.15, 0.2) is 18.6 Å². The van der Waals surface area contributed by atoms with Crippen LogP contribution in [0.25, 0.3) is 0 Å². The smallest absolute Gasteiger partial charge is 0.0534 e. The lowest BCUT2D eigenvalue weighted by atomic mass is 9.93. The molecule has 0 bridgehead atoms. The van der Waals surface area contributed by atoms with E-state index in [0.717, 1.165) is 13.1 Å². The molecule has 1 saturated heterocycles. The van der Waals surface area contributed by atoms with E-state index in [-0.39, 0.29) is 0 Å². The summed E-state index contributed by atoms with van der Waals surface area (Å²) >= 11 is 0. The molecule has 5 heteroatoms. The predicted octanol–water partition coefficient (Wildman–Crippen LogP) is 1.83. The second kappa shape index (κ2) is 5.17. The normalized spacial score (nSPS) is 20.8. The summed E-state index contributed by atoms with van der Waals surface area (Å²) in [5, 5.41) is 11.6. The lowest BCUT2D eigenvalue weighted by Crippen LogP contribution is -2.34. The number of H-pyrrole nitrogens is 1. The Morgan fingerprint density at radius 2 is 2.32 bits per heavy atom. The maximum Gasteiger partial charge on any atom is 0.0534 e. The molecule has 19 heavy (non-hydrogen) atoms. The van der Waals surface area contributed by atoms with Crippen molar-refractivity contribution in [2.45, 2.75) is 32.2 Å². The van der Waals surface area contributed by atoms with Gasteiger partial charge in [-0.05, 0) is 31.9 Å². The van der Waals surface area contributed by atoms with Crippen molar-refractivity contribution < 1.29 is 0 Å². The van der Waals surface area contributed by atoms with Gasteiger partial charge in [-0.2, -0.15) is 10.2 Å². The molecule has 1 aliphatic heterocycles. The SMILES string of the molecule is Cc1cn[nH]c1[C@@H]1CCCN(Cc2cnn(C)c2)C1. The van der Waals surface area contributed by atoms with E-state index in [4.69, 9.17) is 0 Å². The lowest BCUT2D eigenvalue weighted by Gasteiger charge is -2.32. The Morgan fingerprint density at radius 1 is 1.42 bits per heavy atom. The Morgan fingerprint density at radius 3 is 3.00 bits per heavy atom. The number of rotatable bonds is 3. The molecule has 102 valence electrons. The molecule has 0 radical (unpaired) electrons. The average molecular weight is 259 g/mol. The van der Waals surface area contributed by atoms with Gasteiger partial charge in [0.25, 0.3) is 0 Å². The van der Waals surface area contributed by atoms with Gasteiger partial charge in [0.1, 0.15) is 0 Å². The summed E-state index contributed by atoms with van der Waals surface area (Å²) in [6, 6.07) is 0. The van der Waals surface area contributed by atoms with Crippen molar-refractivity contribution in [3.05, 3.63) is 35.4 Å². The van der Waals surface area contributed by atoms with Crippen molar-refractivity contribution in [3.63, 3.8) is 0 Å². The highest BCUT2D eigenvalue weighted by molar-refractivity contribution is 5.19. The number of hydrogen-bond donors (Lipinski definition) is 1. The first-order valence-electron chi connectivity index (χ1n) is 6.92. The maximum absolute atomic E-state index is 4.24. The van der Waals surface area contributed by atoms with Crippen molar-refractivity contribution in [2.24, 2.45) is 7.05 Å². The third-order valence-electron chi connectivity index (χ3n) is 3.95. The summed E-state index contributed by atoms with van der Waals surface area (Å²) in [5.74, 6) is 0.591. The molecule has 2 aromatic rings. The third kappa shape index (κ3) is 2.71. The van der Waals surface area contributed by atoms with E-state index in [0.29, 0.717) is 5.92 Å². The van der Waals surface area contributed by atoms with E-state index in [9.17, 15) is 0 Å². The summed E-state index contributed by atoms with van der Waals surface area (Å²) < 4.78 is 1.87. The molecule has 1 atom stereocenters. The van der Waals surface area contributed by atoms with Crippen LogP contribution in [-0.2, 0) is 13.6 Å². The topological polar surface area (TPSA) is 49.7 Å². The molecular formula is C14H21N5. The Labute approximate surface area is 113 Å². The van der Waals surface area contributed by atoms with Crippen molar-refractivity contribution in [3.8, 4) is 0 Å². The molecule has 0 spiro atoms. The van der Waals surface area contributed by atoms with Gasteiger partial charge in [0.2, 0.25) is 0 Å². The van der Waals surface area contributed by atoms with Gasteiger partial charge < -0.3 is 0 Å². The van der Waals surface area contributed by atoms with Crippen LogP contribution in [0.1, 0.15) is 35.6 Å². The lowest BCUT2D eigenvalue weighted by molar-refractivity contribution is 0.198. The molecule has 0 amide bonds. The number of likely N-dealkylation sites (tertiary alicyclic amines) is 1. The molecule has 2 aromatic heterocycles. The number of aromatic amines is 1. The average Bonchev–Trinajstić information content (AvgIpc) is 2.99. The second-order valence-corrected chi connectivity index (χ2v) is 5.56. The van der Waals surface area contributed by atoms with Crippen LogP contribution < -0.4 is 0 Å². The van der Waals surface area contributed by atoms with Crippen molar-refractivity contribution in [2.75, 3.05) is 13.1 Å². The van der Waals surface area contributed by atoms with Gasteiger partial charge in [-0.15, -0.1) is 0 Å². The number of aryl methyl sites for hydroxylation is 2. The fraction of sp³-hybridized carbons (Fsp3) is 0.571. The Kier molecular flexibility index (Phi) is 3.38. The van der Waals surface area contributed by atoms with E-state index in [1.54, 1.807) is 0 Å². The predicted molar refractivity (Wildman–Crippen MR) is 73.8 cm³/mol. The van der Waals surface area contributed by atoms with E-state index in [1.807, 2.05) is 24.1 Å². The van der Waals surface area contributed by atoms with Gasteiger partial charge in [-0.1, -0.05) is 0 Å². The van der Waals surface area contributed by atoms with Crippen LogP contribution >= 0.6 is 0 Å². The minimum absolute atomic E-state index is 0.591. The molecule has 5 nitrogen and oxygen atoms in total. The largest absolute Gasteiger partial charge is 0.298 e. The zero-order chi connectivity index (χ0) is 13.2.